The number of thiocarbonyl (C=S) groups is 1. The number of hydrogen-bond acceptors (Lipinski definition) is 6. The SMILES string of the molecule is O=C(NN1C(=O)/C(=C/c2ccc(OCc3ccccc3Cl)cc2)SC1=S)c1cccnc1. The van der Waals surface area contributed by atoms with Gasteiger partial charge in [0.05, 0.1) is 10.5 Å². The van der Waals surface area contributed by atoms with E-state index >= 15 is 0 Å². The fraction of sp³-hybridized carbons (Fsp3) is 0.0435. The zero-order valence-corrected chi connectivity index (χ0v) is 18.9. The molecular weight excluding hydrogens is 466 g/mol. The first-order chi connectivity index (χ1) is 15.5. The Morgan fingerprint density at radius 2 is 1.94 bits per heavy atom. The van der Waals surface area contributed by atoms with Crippen molar-refractivity contribution in [2.24, 2.45) is 0 Å². The van der Waals surface area contributed by atoms with Crippen LogP contribution in [0.25, 0.3) is 6.08 Å². The fourth-order valence-electron chi connectivity index (χ4n) is 2.82. The van der Waals surface area contributed by atoms with E-state index < -0.39 is 11.8 Å². The van der Waals surface area contributed by atoms with Gasteiger partial charge in [-0.15, -0.1) is 0 Å². The third kappa shape index (κ3) is 5.16. The zero-order valence-electron chi connectivity index (χ0n) is 16.5. The number of halogens is 1. The van der Waals surface area contributed by atoms with Crippen molar-refractivity contribution in [2.75, 3.05) is 0 Å². The zero-order chi connectivity index (χ0) is 22.5. The molecule has 1 aromatic heterocycles. The normalized spacial score (nSPS) is 14.7. The van der Waals surface area contributed by atoms with Gasteiger partial charge in [0.25, 0.3) is 11.8 Å². The van der Waals surface area contributed by atoms with Crippen LogP contribution < -0.4 is 10.2 Å². The van der Waals surface area contributed by atoms with E-state index in [2.05, 4.69) is 10.4 Å². The van der Waals surface area contributed by atoms with E-state index in [1.807, 2.05) is 48.5 Å². The molecule has 6 nitrogen and oxygen atoms in total. The minimum Gasteiger partial charge on any atom is -0.489 e. The predicted molar refractivity (Wildman–Crippen MR) is 129 cm³/mol. The van der Waals surface area contributed by atoms with Gasteiger partial charge >= 0.3 is 0 Å². The number of aromatic nitrogens is 1. The number of nitrogens with one attached hydrogen (secondary N) is 1. The minimum absolute atomic E-state index is 0.248. The third-order valence-electron chi connectivity index (χ3n) is 4.46. The van der Waals surface area contributed by atoms with Gasteiger partial charge in [-0.1, -0.05) is 53.7 Å². The molecule has 1 fully saturated rings. The summed E-state index contributed by atoms with van der Waals surface area (Å²) < 4.78 is 6.03. The number of benzene rings is 2. The first-order valence-corrected chi connectivity index (χ1v) is 11.1. The predicted octanol–water partition coefficient (Wildman–Crippen LogP) is 4.86. The topological polar surface area (TPSA) is 71.5 Å². The maximum atomic E-state index is 12.7. The Bertz CT molecular complexity index is 1200. The molecule has 2 heterocycles. The largest absolute Gasteiger partial charge is 0.489 e. The summed E-state index contributed by atoms with van der Waals surface area (Å²) in [6, 6.07) is 18.0. The second-order valence-electron chi connectivity index (χ2n) is 6.65. The molecule has 32 heavy (non-hydrogen) atoms. The Kier molecular flexibility index (Phi) is 6.84. The second-order valence-corrected chi connectivity index (χ2v) is 8.73. The molecule has 2 aromatic carbocycles. The highest BCUT2D eigenvalue weighted by atomic mass is 35.5. The molecule has 0 bridgehead atoms. The van der Waals surface area contributed by atoms with Crippen LogP contribution in [0.2, 0.25) is 5.02 Å². The van der Waals surface area contributed by atoms with E-state index in [1.54, 1.807) is 24.4 Å². The van der Waals surface area contributed by atoms with Crippen LogP contribution in [0.15, 0.2) is 78.0 Å². The molecule has 0 atom stereocenters. The lowest BCUT2D eigenvalue weighted by molar-refractivity contribution is -0.123. The average Bonchev–Trinajstić information content (AvgIpc) is 3.07. The molecule has 160 valence electrons. The van der Waals surface area contributed by atoms with Crippen LogP contribution in [-0.4, -0.2) is 26.1 Å². The number of hydrazine groups is 1. The van der Waals surface area contributed by atoms with Crippen molar-refractivity contribution in [3.05, 3.63) is 99.7 Å². The number of pyridine rings is 1. The lowest BCUT2D eigenvalue weighted by Gasteiger charge is -2.15. The number of rotatable bonds is 6. The van der Waals surface area contributed by atoms with E-state index in [-0.39, 0.29) is 4.32 Å². The van der Waals surface area contributed by atoms with Gasteiger partial charge in [-0.2, -0.15) is 5.01 Å². The standard InChI is InChI=1S/C23H16ClN3O3S2/c24-19-6-2-1-4-17(19)14-30-18-9-7-15(8-10-18)12-20-22(29)27(23(31)32-20)26-21(28)16-5-3-11-25-13-16/h1-13H,14H2,(H,26,28)/b20-12-. The van der Waals surface area contributed by atoms with Crippen molar-refractivity contribution >= 4 is 57.8 Å². The molecule has 0 saturated carbocycles. The lowest BCUT2D eigenvalue weighted by Crippen LogP contribution is -2.44. The Balaban J connectivity index is 1.40. The molecule has 2 amide bonds. The Hall–Kier alpha value is -3.20. The lowest BCUT2D eigenvalue weighted by atomic mass is 10.2. The highest BCUT2D eigenvalue weighted by Gasteiger charge is 2.33. The number of carbonyl (C=O) groups excluding carboxylic acids is 2. The summed E-state index contributed by atoms with van der Waals surface area (Å²) in [5.74, 6) is -0.176. The second kappa shape index (κ2) is 9.95. The van der Waals surface area contributed by atoms with Gasteiger partial charge in [0.15, 0.2) is 4.32 Å². The van der Waals surface area contributed by atoms with E-state index in [4.69, 9.17) is 28.6 Å². The molecule has 9 heteroatoms. The molecule has 1 N–H and O–H groups in total. The molecule has 0 spiro atoms. The number of carbonyl (C=O) groups is 2. The fourth-order valence-corrected chi connectivity index (χ4v) is 4.19. The summed E-state index contributed by atoms with van der Waals surface area (Å²) in [6.07, 6.45) is 4.69. The molecule has 0 aliphatic carbocycles. The van der Waals surface area contributed by atoms with Gasteiger partial charge in [0, 0.05) is 23.0 Å². The van der Waals surface area contributed by atoms with Crippen molar-refractivity contribution in [1.29, 1.82) is 0 Å². The molecular formula is C23H16ClN3O3S2. The minimum atomic E-state index is -0.462. The van der Waals surface area contributed by atoms with E-state index in [9.17, 15) is 9.59 Å². The van der Waals surface area contributed by atoms with Gasteiger partial charge < -0.3 is 4.74 Å². The molecule has 1 saturated heterocycles. The summed E-state index contributed by atoms with van der Waals surface area (Å²) in [5.41, 5.74) is 4.56. The number of ether oxygens (including phenoxy) is 1. The monoisotopic (exact) mass is 481 g/mol. The summed E-state index contributed by atoms with van der Waals surface area (Å²) >= 11 is 12.5. The Morgan fingerprint density at radius 1 is 1.16 bits per heavy atom. The summed E-state index contributed by atoms with van der Waals surface area (Å²) in [5, 5.41) is 1.73. The van der Waals surface area contributed by atoms with Crippen LogP contribution in [0.4, 0.5) is 0 Å². The van der Waals surface area contributed by atoms with Gasteiger partial charge in [-0.3, -0.25) is 20.0 Å². The molecule has 4 rings (SSSR count). The third-order valence-corrected chi connectivity index (χ3v) is 6.13. The van der Waals surface area contributed by atoms with Crippen LogP contribution in [0.1, 0.15) is 21.5 Å². The maximum Gasteiger partial charge on any atom is 0.285 e. The maximum absolute atomic E-state index is 12.7. The molecule has 0 radical (unpaired) electrons. The first kappa shape index (κ1) is 22.0. The summed E-state index contributed by atoms with van der Waals surface area (Å²) in [4.78, 5) is 29.4. The van der Waals surface area contributed by atoms with Crippen molar-refractivity contribution in [3.63, 3.8) is 0 Å². The molecule has 1 aliphatic heterocycles. The molecule has 3 aromatic rings. The highest BCUT2D eigenvalue weighted by molar-refractivity contribution is 8.26. The van der Waals surface area contributed by atoms with Crippen LogP contribution in [0, 0.1) is 0 Å². The number of amides is 2. The Labute approximate surface area is 199 Å². The first-order valence-electron chi connectivity index (χ1n) is 9.46. The van der Waals surface area contributed by atoms with E-state index in [0.717, 1.165) is 27.9 Å². The number of nitrogens with zero attached hydrogens (tertiary/aromatic N) is 2. The summed E-state index contributed by atoms with van der Waals surface area (Å²) in [6.45, 7) is 0.355. The average molecular weight is 482 g/mol. The highest BCUT2D eigenvalue weighted by Crippen LogP contribution is 2.31. The smallest absolute Gasteiger partial charge is 0.285 e. The van der Waals surface area contributed by atoms with Crippen LogP contribution in [-0.2, 0) is 11.4 Å². The Morgan fingerprint density at radius 3 is 2.66 bits per heavy atom. The summed E-state index contributed by atoms with van der Waals surface area (Å²) in [7, 11) is 0. The van der Waals surface area contributed by atoms with E-state index in [1.165, 1.54) is 6.20 Å². The van der Waals surface area contributed by atoms with Crippen molar-refractivity contribution in [2.45, 2.75) is 6.61 Å². The van der Waals surface area contributed by atoms with E-state index in [0.29, 0.717) is 27.8 Å². The van der Waals surface area contributed by atoms with Crippen molar-refractivity contribution in [1.82, 2.24) is 15.4 Å². The van der Waals surface area contributed by atoms with Gasteiger partial charge in [0.2, 0.25) is 0 Å². The van der Waals surface area contributed by atoms with Crippen LogP contribution in [0.3, 0.4) is 0 Å². The van der Waals surface area contributed by atoms with Crippen LogP contribution in [0.5, 0.6) is 5.75 Å². The number of thioether (sulfide) groups is 1. The van der Waals surface area contributed by atoms with Crippen LogP contribution >= 0.6 is 35.6 Å². The van der Waals surface area contributed by atoms with Crippen molar-refractivity contribution < 1.29 is 14.3 Å². The number of hydrogen-bond donors (Lipinski definition) is 1. The van der Waals surface area contributed by atoms with Gasteiger partial charge in [-0.25, -0.2) is 0 Å². The van der Waals surface area contributed by atoms with Gasteiger partial charge in [-0.05, 0) is 54.2 Å². The molecule has 1 aliphatic rings. The van der Waals surface area contributed by atoms with Crippen molar-refractivity contribution in [3.8, 4) is 5.75 Å². The quantitative estimate of drug-likeness (QED) is 0.400. The molecule has 0 unspecified atom stereocenters. The van der Waals surface area contributed by atoms with Gasteiger partial charge in [0.1, 0.15) is 12.4 Å².